The van der Waals surface area contributed by atoms with E-state index in [1.165, 1.54) is 47.9 Å². The summed E-state index contributed by atoms with van der Waals surface area (Å²) in [5.41, 5.74) is 2.48. The fourth-order valence-corrected chi connectivity index (χ4v) is 6.24. The maximum Gasteiger partial charge on any atom is 0.164 e. The van der Waals surface area contributed by atoms with Crippen LogP contribution in [0, 0.1) is 5.92 Å². The van der Waals surface area contributed by atoms with Gasteiger partial charge in [-0.1, -0.05) is 0 Å². The van der Waals surface area contributed by atoms with Crippen LogP contribution in [-0.4, -0.2) is 42.8 Å². The largest absolute Gasteiger partial charge is 0.356 e. The second-order valence-corrected chi connectivity index (χ2v) is 9.66. The lowest BCUT2D eigenvalue weighted by Gasteiger charge is -2.34. The van der Waals surface area contributed by atoms with Crippen molar-refractivity contribution in [2.24, 2.45) is 5.92 Å². The number of anilines is 1. The molecule has 1 atom stereocenters. The predicted octanol–water partition coefficient (Wildman–Crippen LogP) is 4.14. The Morgan fingerprint density at radius 1 is 1.10 bits per heavy atom. The highest BCUT2D eigenvalue weighted by Gasteiger charge is 2.27. The topological polar surface area (TPSA) is 72.6 Å². The minimum absolute atomic E-state index is 0.539. The van der Waals surface area contributed by atoms with Gasteiger partial charge in [0.2, 0.25) is 0 Å². The van der Waals surface area contributed by atoms with E-state index >= 15 is 0 Å². The quantitative estimate of drug-likeness (QED) is 0.484. The molecule has 7 nitrogen and oxygen atoms in total. The van der Waals surface area contributed by atoms with Crippen molar-refractivity contribution in [3.05, 3.63) is 47.6 Å². The molecule has 0 radical (unpaired) electrons. The average Bonchev–Trinajstić information content (AvgIpc) is 3.46. The van der Waals surface area contributed by atoms with Crippen LogP contribution in [0.15, 0.2) is 37.2 Å². The molecule has 0 spiro atoms. The van der Waals surface area contributed by atoms with Gasteiger partial charge in [-0.25, -0.2) is 15.0 Å². The highest BCUT2D eigenvalue weighted by Crippen LogP contribution is 2.41. The average molecular weight is 432 g/mol. The Morgan fingerprint density at radius 2 is 2.06 bits per heavy atom. The minimum atomic E-state index is 0.539. The molecular weight excluding hydrogens is 406 g/mol. The van der Waals surface area contributed by atoms with Crippen LogP contribution in [0.25, 0.3) is 21.6 Å². The molecule has 1 saturated heterocycles. The van der Waals surface area contributed by atoms with E-state index in [1.54, 1.807) is 12.5 Å². The van der Waals surface area contributed by atoms with E-state index in [4.69, 9.17) is 9.97 Å². The number of piperidine rings is 1. The van der Waals surface area contributed by atoms with Crippen LogP contribution in [-0.2, 0) is 19.4 Å². The van der Waals surface area contributed by atoms with Gasteiger partial charge in [0.1, 0.15) is 23.3 Å². The molecule has 0 N–H and O–H groups in total. The van der Waals surface area contributed by atoms with Gasteiger partial charge in [0.05, 0.1) is 5.39 Å². The number of hydrogen-bond acceptors (Lipinski definition) is 7. The van der Waals surface area contributed by atoms with E-state index in [1.807, 2.05) is 34.6 Å². The maximum atomic E-state index is 5.15. The first kappa shape index (κ1) is 18.9. The zero-order valence-electron chi connectivity index (χ0n) is 17.4. The number of pyridine rings is 1. The summed E-state index contributed by atoms with van der Waals surface area (Å²) in [6.07, 6.45) is 14.3. The molecule has 4 aromatic heterocycles. The molecule has 1 unspecified atom stereocenters. The van der Waals surface area contributed by atoms with Crippen molar-refractivity contribution in [3.8, 4) is 11.4 Å². The Morgan fingerprint density at radius 3 is 2.94 bits per heavy atom. The molecule has 0 amide bonds. The summed E-state index contributed by atoms with van der Waals surface area (Å²) in [6.45, 7) is 2.93. The van der Waals surface area contributed by atoms with Crippen LogP contribution in [0.3, 0.4) is 0 Å². The van der Waals surface area contributed by atoms with Crippen molar-refractivity contribution in [1.82, 2.24) is 29.7 Å². The highest BCUT2D eigenvalue weighted by atomic mass is 32.1. The van der Waals surface area contributed by atoms with Crippen LogP contribution in [0.4, 0.5) is 5.82 Å². The summed E-state index contributed by atoms with van der Waals surface area (Å²) < 4.78 is 1.96. The highest BCUT2D eigenvalue weighted by molar-refractivity contribution is 7.19. The standard InChI is InChI=1S/C23H25N7S/c1-2-8-19-18(7-1)20-22(27-21(28-23(20)31-19)17-6-3-9-24-11-17)29-10-4-5-16(12-29)13-30-15-25-14-26-30/h3,6,9,11,14-16H,1-2,4-5,7-8,10,12-13H2. The first-order valence-corrected chi connectivity index (χ1v) is 12.0. The molecule has 5 heterocycles. The van der Waals surface area contributed by atoms with E-state index in [9.17, 15) is 0 Å². The Kier molecular flexibility index (Phi) is 4.87. The maximum absolute atomic E-state index is 5.15. The van der Waals surface area contributed by atoms with Crippen LogP contribution < -0.4 is 4.90 Å². The lowest BCUT2D eigenvalue weighted by Crippen LogP contribution is -2.38. The molecular formula is C23H25N7S. The Balaban J connectivity index is 1.43. The molecule has 1 fully saturated rings. The molecule has 0 bridgehead atoms. The van der Waals surface area contributed by atoms with Crippen molar-refractivity contribution < 1.29 is 0 Å². The van der Waals surface area contributed by atoms with E-state index < -0.39 is 0 Å². The van der Waals surface area contributed by atoms with Crippen LogP contribution in [0.2, 0.25) is 0 Å². The molecule has 6 rings (SSSR count). The van der Waals surface area contributed by atoms with E-state index in [-0.39, 0.29) is 0 Å². The molecule has 0 saturated carbocycles. The van der Waals surface area contributed by atoms with Gasteiger partial charge in [0, 0.05) is 42.5 Å². The predicted molar refractivity (Wildman–Crippen MR) is 122 cm³/mol. The number of aryl methyl sites for hydroxylation is 2. The van der Waals surface area contributed by atoms with Gasteiger partial charge in [-0.05, 0) is 62.1 Å². The van der Waals surface area contributed by atoms with Gasteiger partial charge in [0.25, 0.3) is 0 Å². The van der Waals surface area contributed by atoms with Crippen molar-refractivity contribution in [2.45, 2.75) is 45.1 Å². The van der Waals surface area contributed by atoms with Gasteiger partial charge in [-0.3, -0.25) is 9.67 Å². The zero-order valence-corrected chi connectivity index (χ0v) is 18.3. The third-order valence-electron chi connectivity index (χ3n) is 6.45. The lowest BCUT2D eigenvalue weighted by atomic mass is 9.95. The molecule has 2 aliphatic rings. The monoisotopic (exact) mass is 431 g/mol. The summed E-state index contributed by atoms with van der Waals surface area (Å²) in [5.74, 6) is 2.44. The fraction of sp³-hybridized carbons (Fsp3) is 0.435. The van der Waals surface area contributed by atoms with E-state index in [0.29, 0.717) is 5.92 Å². The first-order chi connectivity index (χ1) is 15.3. The first-order valence-electron chi connectivity index (χ1n) is 11.2. The molecule has 1 aliphatic carbocycles. The van der Waals surface area contributed by atoms with Crippen molar-refractivity contribution in [2.75, 3.05) is 18.0 Å². The lowest BCUT2D eigenvalue weighted by molar-refractivity contribution is 0.351. The molecule has 1 aliphatic heterocycles. The second kappa shape index (κ2) is 8.00. The number of fused-ring (bicyclic) bond motifs is 3. The summed E-state index contributed by atoms with van der Waals surface area (Å²) in [5, 5.41) is 5.62. The van der Waals surface area contributed by atoms with Crippen LogP contribution in [0.1, 0.15) is 36.1 Å². The Labute approximate surface area is 185 Å². The molecule has 31 heavy (non-hydrogen) atoms. The number of rotatable bonds is 4. The van der Waals surface area contributed by atoms with Gasteiger partial charge >= 0.3 is 0 Å². The van der Waals surface area contributed by atoms with Gasteiger partial charge in [-0.15, -0.1) is 11.3 Å². The zero-order chi connectivity index (χ0) is 20.6. The Bertz CT molecular complexity index is 1190. The molecule has 8 heteroatoms. The van der Waals surface area contributed by atoms with Gasteiger partial charge in [-0.2, -0.15) is 5.10 Å². The fourth-order valence-electron chi connectivity index (χ4n) is 4.99. The number of thiophene rings is 1. The normalized spacial score (nSPS) is 19.0. The number of aromatic nitrogens is 6. The second-order valence-electron chi connectivity index (χ2n) is 8.58. The smallest absolute Gasteiger partial charge is 0.164 e. The summed E-state index contributed by atoms with van der Waals surface area (Å²) in [6, 6.07) is 4.01. The minimum Gasteiger partial charge on any atom is -0.356 e. The summed E-state index contributed by atoms with van der Waals surface area (Å²) >= 11 is 1.87. The molecule has 158 valence electrons. The number of hydrogen-bond donors (Lipinski definition) is 0. The van der Waals surface area contributed by atoms with Crippen molar-refractivity contribution >= 4 is 27.4 Å². The van der Waals surface area contributed by atoms with Crippen molar-refractivity contribution in [3.63, 3.8) is 0 Å². The van der Waals surface area contributed by atoms with Gasteiger partial charge in [0.15, 0.2) is 5.82 Å². The van der Waals surface area contributed by atoms with Gasteiger partial charge < -0.3 is 4.90 Å². The van der Waals surface area contributed by atoms with E-state index in [2.05, 4.69) is 26.0 Å². The summed E-state index contributed by atoms with van der Waals surface area (Å²) in [4.78, 5) is 23.7. The molecule has 4 aromatic rings. The SMILES string of the molecule is c1cncc(-c2nc(N3CCCC(Cn4cncn4)C3)c3c4c(sc3n2)CCCC4)c1. The number of nitrogens with zero attached hydrogens (tertiary/aromatic N) is 7. The van der Waals surface area contributed by atoms with Crippen molar-refractivity contribution in [1.29, 1.82) is 0 Å². The summed E-state index contributed by atoms with van der Waals surface area (Å²) in [7, 11) is 0. The third-order valence-corrected chi connectivity index (χ3v) is 7.63. The Hall–Kier alpha value is -2.87. The third kappa shape index (κ3) is 3.59. The molecule has 0 aromatic carbocycles. The van der Waals surface area contributed by atoms with E-state index in [0.717, 1.165) is 48.1 Å². The van der Waals surface area contributed by atoms with Crippen LogP contribution >= 0.6 is 11.3 Å². The van der Waals surface area contributed by atoms with Crippen LogP contribution in [0.5, 0.6) is 0 Å².